The molecule has 0 aliphatic heterocycles. The number of carbonyl (C=O) groups is 1. The summed E-state index contributed by atoms with van der Waals surface area (Å²) in [5.41, 5.74) is 0. The summed E-state index contributed by atoms with van der Waals surface area (Å²) in [6, 6.07) is 0. The van der Waals surface area contributed by atoms with E-state index in [0.29, 0.717) is 0 Å². The first-order chi connectivity index (χ1) is 5.64. The third-order valence-corrected chi connectivity index (χ3v) is 3.75. The van der Waals surface area contributed by atoms with Crippen LogP contribution in [0, 0.1) is 11.8 Å². The van der Waals surface area contributed by atoms with Crippen molar-refractivity contribution in [2.75, 3.05) is 0 Å². The molecule has 1 fully saturated rings. The van der Waals surface area contributed by atoms with Crippen molar-refractivity contribution < 1.29 is 4.79 Å². The monoisotopic (exact) mass is 204 g/mol. The Bertz CT molecular complexity index is 245. The largest absolute Gasteiger partial charge is 0.296 e. The fraction of sp³-hybridized carbons (Fsp3) is 0.667. The summed E-state index contributed by atoms with van der Waals surface area (Å²) in [5, 5.41) is 0. The molecule has 0 N–H and O–H groups in total. The number of halogens is 2. The van der Waals surface area contributed by atoms with Crippen LogP contribution in [0.25, 0.3) is 0 Å². The van der Waals surface area contributed by atoms with E-state index in [-0.39, 0.29) is 17.6 Å². The number of allylic oxidation sites excluding steroid dienone is 2. The summed E-state index contributed by atoms with van der Waals surface area (Å²) in [7, 11) is 0. The highest BCUT2D eigenvalue weighted by molar-refractivity contribution is 6.60. The molecule has 1 saturated carbocycles. The van der Waals surface area contributed by atoms with Gasteiger partial charge in [0.05, 0.1) is 0 Å². The molecule has 0 radical (unpaired) electrons. The molecule has 0 aromatic carbocycles. The summed E-state index contributed by atoms with van der Waals surface area (Å²) in [4.78, 5) is 11.4. The molecule has 2 aliphatic carbocycles. The van der Waals surface area contributed by atoms with Crippen molar-refractivity contribution in [2.24, 2.45) is 11.8 Å². The van der Waals surface area contributed by atoms with Crippen LogP contribution >= 0.6 is 23.2 Å². The minimum absolute atomic E-state index is 0.0273. The van der Waals surface area contributed by atoms with Gasteiger partial charge in [0, 0.05) is 11.8 Å². The Hall–Kier alpha value is -0.0100. The van der Waals surface area contributed by atoms with E-state index in [1.54, 1.807) is 0 Å². The molecule has 2 aliphatic rings. The number of hydrogen-bond acceptors (Lipinski definition) is 1. The number of hydrogen-bond donors (Lipinski definition) is 0. The minimum atomic E-state index is -1.08. The summed E-state index contributed by atoms with van der Waals surface area (Å²) < 4.78 is -1.08. The van der Waals surface area contributed by atoms with E-state index in [2.05, 4.69) is 12.2 Å². The maximum absolute atomic E-state index is 11.4. The average Bonchev–Trinajstić information content (AvgIpc) is 2.26. The van der Waals surface area contributed by atoms with Gasteiger partial charge in [-0.1, -0.05) is 35.4 Å². The minimum Gasteiger partial charge on any atom is -0.296 e. The summed E-state index contributed by atoms with van der Waals surface area (Å²) in [6.45, 7) is 0. The molecule has 0 heterocycles. The van der Waals surface area contributed by atoms with E-state index in [4.69, 9.17) is 23.2 Å². The quantitative estimate of drug-likeness (QED) is 0.439. The molecule has 1 unspecified atom stereocenters. The van der Waals surface area contributed by atoms with Crippen LogP contribution in [-0.2, 0) is 4.79 Å². The Kier molecular flexibility index (Phi) is 1.96. The second-order valence-electron chi connectivity index (χ2n) is 3.48. The second-order valence-corrected chi connectivity index (χ2v) is 4.87. The van der Waals surface area contributed by atoms with Crippen LogP contribution in [0.3, 0.4) is 0 Å². The number of ketones is 1. The van der Waals surface area contributed by atoms with Gasteiger partial charge in [0.25, 0.3) is 0 Å². The highest BCUT2D eigenvalue weighted by Crippen LogP contribution is 2.53. The van der Waals surface area contributed by atoms with Gasteiger partial charge in [-0.25, -0.2) is 0 Å². The standard InChI is InChI=1S/C9H10Cl2O/c10-9(11)7-5-3-1-2-4-6(7)8(9)12/h1,3,6-7H,2,4-5H2/t6?,7-/m0/s1. The van der Waals surface area contributed by atoms with E-state index in [0.717, 1.165) is 19.3 Å². The molecule has 0 aromatic rings. The Labute approximate surface area is 81.7 Å². The first kappa shape index (κ1) is 8.58. The maximum Gasteiger partial charge on any atom is 0.179 e. The van der Waals surface area contributed by atoms with Gasteiger partial charge < -0.3 is 0 Å². The van der Waals surface area contributed by atoms with Gasteiger partial charge in [-0.2, -0.15) is 0 Å². The van der Waals surface area contributed by atoms with Crippen molar-refractivity contribution >= 4 is 29.0 Å². The first-order valence-electron chi connectivity index (χ1n) is 4.21. The van der Waals surface area contributed by atoms with E-state index >= 15 is 0 Å². The van der Waals surface area contributed by atoms with E-state index < -0.39 is 4.33 Å². The predicted molar refractivity (Wildman–Crippen MR) is 49.4 cm³/mol. The Balaban J connectivity index is 2.19. The van der Waals surface area contributed by atoms with Gasteiger partial charge in [-0.15, -0.1) is 0 Å². The fourth-order valence-corrected chi connectivity index (χ4v) is 2.81. The average molecular weight is 205 g/mol. The van der Waals surface area contributed by atoms with Gasteiger partial charge in [0.2, 0.25) is 0 Å². The molecule has 12 heavy (non-hydrogen) atoms. The van der Waals surface area contributed by atoms with Crippen LogP contribution < -0.4 is 0 Å². The zero-order chi connectivity index (χ0) is 8.77. The molecule has 1 nitrogen and oxygen atoms in total. The van der Waals surface area contributed by atoms with Crippen LogP contribution in [0.2, 0.25) is 0 Å². The Morgan fingerprint density at radius 3 is 2.92 bits per heavy atom. The normalized spacial score (nSPS) is 38.3. The van der Waals surface area contributed by atoms with Gasteiger partial charge >= 0.3 is 0 Å². The Morgan fingerprint density at radius 2 is 2.17 bits per heavy atom. The van der Waals surface area contributed by atoms with Crippen molar-refractivity contribution in [3.8, 4) is 0 Å². The lowest BCUT2D eigenvalue weighted by Gasteiger charge is -2.44. The topological polar surface area (TPSA) is 17.1 Å². The third kappa shape index (κ3) is 1.03. The molecule has 0 aromatic heterocycles. The molecule has 3 heteroatoms. The van der Waals surface area contributed by atoms with Gasteiger partial charge in [0.15, 0.2) is 10.1 Å². The highest BCUT2D eigenvalue weighted by Gasteiger charge is 2.59. The first-order valence-corrected chi connectivity index (χ1v) is 4.97. The molecule has 0 spiro atoms. The lowest BCUT2D eigenvalue weighted by molar-refractivity contribution is -0.135. The van der Waals surface area contributed by atoms with Crippen LogP contribution in [-0.4, -0.2) is 10.1 Å². The zero-order valence-corrected chi connectivity index (χ0v) is 8.11. The molecular weight excluding hydrogens is 195 g/mol. The SMILES string of the molecule is O=C1C2CCC=CC[C@@H]2C1(Cl)Cl. The van der Waals surface area contributed by atoms with Crippen LogP contribution in [0.5, 0.6) is 0 Å². The smallest absolute Gasteiger partial charge is 0.179 e. The highest BCUT2D eigenvalue weighted by atomic mass is 35.5. The number of fused-ring (bicyclic) bond motifs is 1. The molecule has 0 saturated heterocycles. The number of rotatable bonds is 0. The number of carbonyl (C=O) groups excluding carboxylic acids is 1. The number of Topliss-reactive ketones (excluding diaryl/α,β-unsaturated/α-hetero) is 1. The van der Waals surface area contributed by atoms with E-state index in [1.165, 1.54) is 0 Å². The van der Waals surface area contributed by atoms with E-state index in [1.807, 2.05) is 0 Å². The molecule has 0 bridgehead atoms. The van der Waals surface area contributed by atoms with Gasteiger partial charge in [-0.05, 0) is 19.3 Å². The Morgan fingerprint density at radius 1 is 1.42 bits per heavy atom. The van der Waals surface area contributed by atoms with Crippen LogP contribution in [0.4, 0.5) is 0 Å². The van der Waals surface area contributed by atoms with Crippen molar-refractivity contribution in [1.29, 1.82) is 0 Å². The molecule has 2 rings (SSSR count). The lowest BCUT2D eigenvalue weighted by Crippen LogP contribution is -2.55. The molecule has 66 valence electrons. The van der Waals surface area contributed by atoms with Crippen molar-refractivity contribution in [1.82, 2.24) is 0 Å². The van der Waals surface area contributed by atoms with Crippen LogP contribution in [0.15, 0.2) is 12.2 Å². The third-order valence-electron chi connectivity index (χ3n) is 2.82. The van der Waals surface area contributed by atoms with Crippen molar-refractivity contribution in [3.63, 3.8) is 0 Å². The summed E-state index contributed by atoms with van der Waals surface area (Å²) >= 11 is 11.8. The number of alkyl halides is 2. The van der Waals surface area contributed by atoms with Crippen molar-refractivity contribution in [2.45, 2.75) is 23.6 Å². The van der Waals surface area contributed by atoms with Crippen molar-refractivity contribution in [3.05, 3.63) is 12.2 Å². The van der Waals surface area contributed by atoms with Crippen LogP contribution in [0.1, 0.15) is 19.3 Å². The predicted octanol–water partition coefficient (Wildman–Crippen LogP) is 2.72. The zero-order valence-electron chi connectivity index (χ0n) is 6.59. The van der Waals surface area contributed by atoms with E-state index in [9.17, 15) is 4.79 Å². The van der Waals surface area contributed by atoms with Gasteiger partial charge in [-0.3, -0.25) is 4.79 Å². The fourth-order valence-electron chi connectivity index (χ4n) is 2.05. The molecular formula is C9H10Cl2O. The summed E-state index contributed by atoms with van der Waals surface area (Å²) in [5.74, 6) is 0.307. The molecule has 2 atom stereocenters. The summed E-state index contributed by atoms with van der Waals surface area (Å²) in [6.07, 6.45) is 6.94. The second kappa shape index (κ2) is 2.74. The van der Waals surface area contributed by atoms with Gasteiger partial charge in [0.1, 0.15) is 0 Å². The molecule has 0 amide bonds. The maximum atomic E-state index is 11.4. The lowest BCUT2D eigenvalue weighted by atomic mass is 9.68.